The van der Waals surface area contributed by atoms with Crippen molar-refractivity contribution in [2.75, 3.05) is 5.75 Å². The summed E-state index contributed by atoms with van der Waals surface area (Å²) >= 11 is 3.63. The molecule has 6 heteroatoms. The molecule has 0 radical (unpaired) electrons. The highest BCUT2D eigenvalue weighted by Gasteiger charge is 2.12. The van der Waals surface area contributed by atoms with Crippen molar-refractivity contribution >= 4 is 40.1 Å². The van der Waals surface area contributed by atoms with Gasteiger partial charge in [-0.25, -0.2) is 0 Å². The number of aromatic nitrogens is 3. The van der Waals surface area contributed by atoms with Crippen LogP contribution in [0.3, 0.4) is 0 Å². The highest BCUT2D eigenvalue weighted by atomic mass is 127. The van der Waals surface area contributed by atoms with Gasteiger partial charge in [0.15, 0.2) is 10.9 Å². The number of hydrogen-bond donors (Lipinski definition) is 0. The van der Waals surface area contributed by atoms with Crippen LogP contribution in [0.25, 0.3) is 5.69 Å². The van der Waals surface area contributed by atoms with E-state index in [0.717, 1.165) is 25.5 Å². The molecule has 0 amide bonds. The van der Waals surface area contributed by atoms with Crippen LogP contribution in [0, 0.1) is 10.5 Å². The summed E-state index contributed by atoms with van der Waals surface area (Å²) in [5.74, 6) is 0.427. The van der Waals surface area contributed by atoms with Crippen LogP contribution in [0.15, 0.2) is 60.0 Å². The van der Waals surface area contributed by atoms with E-state index in [1.165, 1.54) is 11.8 Å². The van der Waals surface area contributed by atoms with E-state index in [0.29, 0.717) is 5.75 Å². The maximum Gasteiger partial charge on any atom is 0.196 e. The van der Waals surface area contributed by atoms with E-state index in [4.69, 9.17) is 0 Å². The number of nitrogens with zero attached hydrogens (tertiary/aromatic N) is 3. The Balaban J connectivity index is 1.75. The Morgan fingerprint density at radius 2 is 1.91 bits per heavy atom. The van der Waals surface area contributed by atoms with Gasteiger partial charge in [-0.15, -0.1) is 10.2 Å². The smallest absolute Gasteiger partial charge is 0.196 e. The third kappa shape index (κ3) is 3.81. The fraction of sp³-hybridized carbons (Fsp3) is 0.118. The number of hydrogen-bond acceptors (Lipinski definition) is 4. The van der Waals surface area contributed by atoms with E-state index in [2.05, 4.69) is 32.8 Å². The molecule has 0 unspecified atom stereocenters. The van der Waals surface area contributed by atoms with Crippen LogP contribution in [0.1, 0.15) is 15.9 Å². The molecule has 0 atom stereocenters. The Bertz CT molecular complexity index is 830. The summed E-state index contributed by atoms with van der Waals surface area (Å²) in [5, 5.41) is 8.84. The number of ketones is 1. The van der Waals surface area contributed by atoms with Crippen molar-refractivity contribution < 1.29 is 4.79 Å². The molecule has 1 aromatic heterocycles. The first-order valence-electron chi connectivity index (χ1n) is 7.03. The van der Waals surface area contributed by atoms with Gasteiger partial charge in [-0.3, -0.25) is 9.36 Å². The van der Waals surface area contributed by atoms with E-state index < -0.39 is 0 Å². The van der Waals surface area contributed by atoms with Gasteiger partial charge in [0.05, 0.1) is 11.4 Å². The highest BCUT2D eigenvalue weighted by molar-refractivity contribution is 14.1. The van der Waals surface area contributed by atoms with E-state index in [-0.39, 0.29) is 5.78 Å². The second-order valence-corrected chi connectivity index (χ2v) is 7.18. The van der Waals surface area contributed by atoms with Crippen LogP contribution in [-0.2, 0) is 0 Å². The summed E-state index contributed by atoms with van der Waals surface area (Å²) in [5.41, 5.74) is 2.89. The number of halogens is 1. The second-order valence-electron chi connectivity index (χ2n) is 4.99. The van der Waals surface area contributed by atoms with Crippen molar-refractivity contribution in [2.24, 2.45) is 0 Å². The third-order valence-corrected chi connectivity index (χ3v) is 5.05. The van der Waals surface area contributed by atoms with Crippen LogP contribution >= 0.6 is 34.4 Å². The predicted molar refractivity (Wildman–Crippen MR) is 100 cm³/mol. The zero-order chi connectivity index (χ0) is 16.2. The minimum Gasteiger partial charge on any atom is -0.293 e. The second kappa shape index (κ2) is 7.27. The average Bonchev–Trinajstić information content (AvgIpc) is 3.02. The maximum atomic E-state index is 12.3. The Hall–Kier alpha value is -1.67. The summed E-state index contributed by atoms with van der Waals surface area (Å²) < 4.78 is 3.03. The van der Waals surface area contributed by atoms with Crippen LogP contribution in [0.5, 0.6) is 0 Å². The van der Waals surface area contributed by atoms with Gasteiger partial charge in [0.2, 0.25) is 0 Å². The highest BCUT2D eigenvalue weighted by Crippen LogP contribution is 2.22. The summed E-state index contributed by atoms with van der Waals surface area (Å²) in [7, 11) is 0. The third-order valence-electron chi connectivity index (χ3n) is 3.39. The largest absolute Gasteiger partial charge is 0.293 e. The SMILES string of the molecule is Cc1ccccc1-n1cnnc1SCC(=O)c1ccc(I)cc1. The molecule has 0 N–H and O–H groups in total. The lowest BCUT2D eigenvalue weighted by atomic mass is 10.2. The van der Waals surface area contributed by atoms with Gasteiger partial charge >= 0.3 is 0 Å². The Kier molecular flexibility index (Phi) is 5.12. The zero-order valence-electron chi connectivity index (χ0n) is 12.4. The molecular weight excluding hydrogens is 421 g/mol. The molecule has 3 aromatic rings. The minimum absolute atomic E-state index is 0.0886. The predicted octanol–water partition coefficient (Wildman–Crippen LogP) is 4.16. The molecule has 0 aliphatic rings. The molecule has 4 nitrogen and oxygen atoms in total. The number of carbonyl (C=O) groups is 1. The van der Waals surface area contributed by atoms with E-state index in [1.54, 1.807) is 6.33 Å². The molecule has 116 valence electrons. The van der Waals surface area contributed by atoms with Gasteiger partial charge in [0.25, 0.3) is 0 Å². The lowest BCUT2D eigenvalue weighted by molar-refractivity contribution is 0.102. The quantitative estimate of drug-likeness (QED) is 0.343. The van der Waals surface area contributed by atoms with Crippen molar-refractivity contribution in [2.45, 2.75) is 12.1 Å². The molecule has 0 bridgehead atoms. The normalized spacial score (nSPS) is 10.7. The molecule has 1 heterocycles. The Morgan fingerprint density at radius 1 is 1.17 bits per heavy atom. The Labute approximate surface area is 152 Å². The van der Waals surface area contributed by atoms with Gasteiger partial charge in [-0.05, 0) is 53.3 Å². The first-order chi connectivity index (χ1) is 11.1. The molecule has 3 rings (SSSR count). The van der Waals surface area contributed by atoms with E-state index in [1.807, 2.05) is 60.0 Å². The number of thioether (sulfide) groups is 1. The van der Waals surface area contributed by atoms with Crippen molar-refractivity contribution in [3.63, 3.8) is 0 Å². The maximum absolute atomic E-state index is 12.3. The number of rotatable bonds is 5. The van der Waals surface area contributed by atoms with Crippen LogP contribution < -0.4 is 0 Å². The molecule has 0 saturated carbocycles. The molecular formula is C17H14IN3OS. The molecule has 0 fully saturated rings. The number of aryl methyl sites for hydroxylation is 1. The summed E-state index contributed by atoms with van der Waals surface area (Å²) in [6, 6.07) is 15.6. The summed E-state index contributed by atoms with van der Waals surface area (Å²) in [4.78, 5) is 12.3. The standard InChI is InChI=1S/C17H14IN3OS/c1-12-4-2-3-5-15(12)21-11-19-20-17(21)23-10-16(22)13-6-8-14(18)9-7-13/h2-9,11H,10H2,1H3. The number of carbonyl (C=O) groups excluding carboxylic acids is 1. The first-order valence-corrected chi connectivity index (χ1v) is 9.09. The molecule has 0 spiro atoms. The molecule has 0 saturated heterocycles. The van der Waals surface area contributed by atoms with Crippen molar-refractivity contribution in [1.29, 1.82) is 0 Å². The van der Waals surface area contributed by atoms with Crippen molar-refractivity contribution in [3.8, 4) is 5.69 Å². The fourth-order valence-electron chi connectivity index (χ4n) is 2.17. The Morgan fingerprint density at radius 3 is 2.65 bits per heavy atom. The van der Waals surface area contributed by atoms with Gasteiger partial charge < -0.3 is 0 Å². The molecule has 0 aliphatic heterocycles. The number of benzene rings is 2. The lowest BCUT2D eigenvalue weighted by Gasteiger charge is -2.08. The topological polar surface area (TPSA) is 47.8 Å². The van der Waals surface area contributed by atoms with Gasteiger partial charge in [-0.2, -0.15) is 0 Å². The van der Waals surface area contributed by atoms with Gasteiger partial charge in [0.1, 0.15) is 6.33 Å². The molecule has 0 aliphatic carbocycles. The number of para-hydroxylation sites is 1. The van der Waals surface area contributed by atoms with Gasteiger partial charge in [0, 0.05) is 9.13 Å². The summed E-state index contributed by atoms with van der Waals surface area (Å²) in [6.45, 7) is 2.04. The lowest BCUT2D eigenvalue weighted by Crippen LogP contribution is -2.04. The van der Waals surface area contributed by atoms with E-state index in [9.17, 15) is 4.79 Å². The van der Waals surface area contributed by atoms with Crippen LogP contribution in [0.2, 0.25) is 0 Å². The van der Waals surface area contributed by atoms with Crippen LogP contribution in [0.4, 0.5) is 0 Å². The van der Waals surface area contributed by atoms with Crippen molar-refractivity contribution in [1.82, 2.24) is 14.8 Å². The molecule has 2 aromatic carbocycles. The number of Topliss-reactive ketones (excluding diaryl/α,β-unsaturated/α-hetero) is 1. The van der Waals surface area contributed by atoms with Crippen molar-refractivity contribution in [3.05, 3.63) is 69.6 Å². The fourth-order valence-corrected chi connectivity index (χ4v) is 3.35. The van der Waals surface area contributed by atoms with E-state index >= 15 is 0 Å². The monoisotopic (exact) mass is 435 g/mol. The molecule has 23 heavy (non-hydrogen) atoms. The minimum atomic E-state index is 0.0886. The zero-order valence-corrected chi connectivity index (χ0v) is 15.4. The summed E-state index contributed by atoms with van der Waals surface area (Å²) in [6.07, 6.45) is 1.68. The first kappa shape index (κ1) is 16.2. The van der Waals surface area contributed by atoms with Crippen LogP contribution in [-0.4, -0.2) is 26.3 Å². The average molecular weight is 435 g/mol. The van der Waals surface area contributed by atoms with Gasteiger partial charge in [-0.1, -0.05) is 42.1 Å².